The van der Waals surface area contributed by atoms with E-state index in [1.165, 1.54) is 19.4 Å². The fourth-order valence-corrected chi connectivity index (χ4v) is 6.15. The molecule has 3 aromatic rings. The Morgan fingerprint density at radius 1 is 1.15 bits per heavy atom. The summed E-state index contributed by atoms with van der Waals surface area (Å²) >= 11 is 12.2. The number of fused-ring (bicyclic) bond motifs is 1. The number of carbonyl (C=O) groups is 2. The topological polar surface area (TPSA) is 104 Å². The Balaban J connectivity index is 1.54. The minimum atomic E-state index is -0.920. The highest BCUT2D eigenvalue weighted by atomic mass is 35.5. The molecular formula is C29H31Cl2FN4O5. The zero-order valence-electron chi connectivity index (χ0n) is 22.9. The van der Waals surface area contributed by atoms with Crippen LogP contribution in [0.2, 0.25) is 10.0 Å². The highest BCUT2D eigenvalue weighted by molar-refractivity contribution is 6.35. The molecule has 0 radical (unpaired) electrons. The van der Waals surface area contributed by atoms with Gasteiger partial charge < -0.3 is 24.6 Å². The van der Waals surface area contributed by atoms with Crippen LogP contribution in [0, 0.1) is 5.82 Å². The first-order valence-corrected chi connectivity index (χ1v) is 14.2. The highest BCUT2D eigenvalue weighted by Crippen LogP contribution is 2.44. The molecule has 1 saturated carbocycles. The summed E-state index contributed by atoms with van der Waals surface area (Å²) < 4.78 is 23.5. The number of piperazine rings is 1. The fraction of sp³-hybridized carbons (Fsp3) is 0.414. The quantitative estimate of drug-likeness (QED) is 0.384. The number of pyridine rings is 1. The number of nitrogens with one attached hydrogen (secondary N) is 1. The van der Waals surface area contributed by atoms with Crippen LogP contribution < -0.4 is 20.4 Å². The van der Waals surface area contributed by atoms with Crippen molar-refractivity contribution in [2.24, 2.45) is 0 Å². The van der Waals surface area contributed by atoms with E-state index in [0.29, 0.717) is 34.2 Å². The maximum absolute atomic E-state index is 15.9. The summed E-state index contributed by atoms with van der Waals surface area (Å²) in [4.78, 5) is 41.9. The first-order chi connectivity index (χ1) is 19.5. The molecule has 0 unspecified atom stereocenters. The van der Waals surface area contributed by atoms with E-state index in [-0.39, 0.29) is 53.6 Å². The largest absolute Gasteiger partial charge is 0.492 e. The SMILES string of the molecule is COc1c(N2C[C@@H](C)N(CC(=O)O)[C@@H](C)C2)c(F)cc2c(=O)c(C(=O)NCc3ccc(Cl)cc3Cl)cn(C3CC3)c12. The second-order valence-electron chi connectivity index (χ2n) is 10.7. The van der Waals surface area contributed by atoms with Gasteiger partial charge in [0.05, 0.1) is 24.6 Å². The average molecular weight is 605 g/mol. The molecule has 0 spiro atoms. The standard InChI is InChI=1S/C29H31Cl2FN4O5/c1-15-11-34(12-16(2)35(15)14-24(37)38)26-23(32)9-20-25(28(26)41-3)36(19-6-7-19)13-21(27(20)39)29(40)33-10-17-4-5-18(30)8-22(17)31/h4-5,8-9,13,15-16,19H,6-7,10-12,14H2,1-3H3,(H,33,40)(H,37,38)/t15-,16+. The van der Waals surface area contributed by atoms with Crippen LogP contribution in [0.5, 0.6) is 5.75 Å². The number of carboxylic acids is 1. The predicted octanol–water partition coefficient (Wildman–Crippen LogP) is 4.70. The summed E-state index contributed by atoms with van der Waals surface area (Å²) in [6, 6.07) is 5.80. The van der Waals surface area contributed by atoms with Crippen LogP contribution in [-0.4, -0.2) is 65.3 Å². The minimum Gasteiger partial charge on any atom is -0.492 e. The number of aliphatic carboxylic acids is 1. The number of aromatic nitrogens is 1. The zero-order valence-corrected chi connectivity index (χ0v) is 24.4. The molecule has 2 heterocycles. The van der Waals surface area contributed by atoms with Gasteiger partial charge in [-0.15, -0.1) is 0 Å². The number of methoxy groups -OCH3 is 1. The number of amides is 1. The van der Waals surface area contributed by atoms with Crippen LogP contribution in [0.15, 0.2) is 35.3 Å². The third kappa shape index (κ3) is 5.73. The fourth-order valence-electron chi connectivity index (χ4n) is 5.68. The van der Waals surface area contributed by atoms with E-state index in [2.05, 4.69) is 5.32 Å². The van der Waals surface area contributed by atoms with Crippen LogP contribution in [-0.2, 0) is 11.3 Å². The van der Waals surface area contributed by atoms with Crippen LogP contribution in [0.3, 0.4) is 0 Å². The molecule has 1 saturated heterocycles. The van der Waals surface area contributed by atoms with Crippen molar-refractivity contribution < 1.29 is 23.8 Å². The van der Waals surface area contributed by atoms with Gasteiger partial charge in [-0.05, 0) is 50.5 Å². The van der Waals surface area contributed by atoms with E-state index in [1.54, 1.807) is 18.2 Å². The molecule has 2 N–H and O–H groups in total. The molecule has 1 aliphatic carbocycles. The maximum atomic E-state index is 15.9. The molecule has 1 amide bonds. The third-order valence-electron chi connectivity index (χ3n) is 7.78. The van der Waals surface area contributed by atoms with E-state index in [1.807, 2.05) is 28.2 Å². The molecule has 218 valence electrons. The van der Waals surface area contributed by atoms with Crippen molar-refractivity contribution in [3.8, 4) is 5.75 Å². The molecule has 2 fully saturated rings. The second-order valence-corrected chi connectivity index (χ2v) is 11.6. The first kappa shape index (κ1) is 29.2. The van der Waals surface area contributed by atoms with Gasteiger partial charge in [0.25, 0.3) is 5.91 Å². The molecule has 12 heteroatoms. The lowest BCUT2D eigenvalue weighted by Crippen LogP contribution is -2.58. The highest BCUT2D eigenvalue weighted by Gasteiger charge is 2.36. The van der Waals surface area contributed by atoms with Gasteiger partial charge in [-0.2, -0.15) is 0 Å². The number of nitrogens with zero attached hydrogens (tertiary/aromatic N) is 3. The van der Waals surface area contributed by atoms with Crippen molar-refractivity contribution in [1.82, 2.24) is 14.8 Å². The van der Waals surface area contributed by atoms with E-state index in [9.17, 15) is 19.5 Å². The summed E-state index contributed by atoms with van der Waals surface area (Å²) in [6.07, 6.45) is 3.22. The summed E-state index contributed by atoms with van der Waals surface area (Å²) in [7, 11) is 1.43. The van der Waals surface area contributed by atoms with Gasteiger partial charge in [-0.25, -0.2) is 4.39 Å². The van der Waals surface area contributed by atoms with E-state index < -0.39 is 23.1 Å². The Bertz CT molecular complexity index is 1580. The number of hydrogen-bond donors (Lipinski definition) is 2. The Hall–Kier alpha value is -3.34. The number of hydrogen-bond acceptors (Lipinski definition) is 6. The Labute approximate surface area is 246 Å². The van der Waals surface area contributed by atoms with E-state index in [4.69, 9.17) is 27.9 Å². The number of anilines is 1. The molecule has 41 heavy (non-hydrogen) atoms. The predicted molar refractivity (Wildman–Crippen MR) is 156 cm³/mol. The van der Waals surface area contributed by atoms with Crippen molar-refractivity contribution in [3.05, 3.63) is 67.7 Å². The molecule has 2 atom stereocenters. The second kappa shape index (κ2) is 11.5. The molecule has 2 aliphatic rings. The van der Waals surface area contributed by atoms with Gasteiger partial charge in [0, 0.05) is 54.0 Å². The van der Waals surface area contributed by atoms with Crippen molar-refractivity contribution in [2.45, 2.75) is 51.4 Å². The smallest absolute Gasteiger partial charge is 0.317 e. The number of ether oxygens (including phenoxy) is 1. The van der Waals surface area contributed by atoms with E-state index in [0.717, 1.165) is 12.8 Å². The number of rotatable bonds is 8. The number of halogens is 3. The zero-order chi connectivity index (χ0) is 29.6. The lowest BCUT2D eigenvalue weighted by atomic mass is 10.0. The van der Waals surface area contributed by atoms with E-state index >= 15 is 4.39 Å². The van der Waals surface area contributed by atoms with Crippen molar-refractivity contribution >= 4 is 51.7 Å². The Kier molecular flexibility index (Phi) is 8.18. The monoisotopic (exact) mass is 604 g/mol. The van der Waals surface area contributed by atoms with Crippen LogP contribution in [0.25, 0.3) is 10.9 Å². The van der Waals surface area contributed by atoms with Gasteiger partial charge in [0.1, 0.15) is 11.3 Å². The number of carbonyl (C=O) groups excluding carboxylic acids is 1. The summed E-state index contributed by atoms with van der Waals surface area (Å²) in [5.74, 6) is -1.95. The van der Waals surface area contributed by atoms with Crippen molar-refractivity contribution in [1.29, 1.82) is 0 Å². The molecule has 2 aromatic carbocycles. The van der Waals surface area contributed by atoms with Crippen molar-refractivity contribution in [2.75, 3.05) is 31.6 Å². The number of benzene rings is 2. The van der Waals surface area contributed by atoms with Crippen LogP contribution >= 0.6 is 23.2 Å². The lowest BCUT2D eigenvalue weighted by Gasteiger charge is -2.45. The molecule has 0 bridgehead atoms. The summed E-state index contributed by atoms with van der Waals surface area (Å²) in [6.45, 7) is 4.52. The summed E-state index contributed by atoms with van der Waals surface area (Å²) in [5, 5.41) is 13.0. The third-order valence-corrected chi connectivity index (χ3v) is 8.36. The normalized spacial score (nSPS) is 19.4. The molecule has 9 nitrogen and oxygen atoms in total. The molecule has 5 rings (SSSR count). The molecule has 1 aliphatic heterocycles. The van der Waals surface area contributed by atoms with Gasteiger partial charge in [-0.3, -0.25) is 19.3 Å². The minimum absolute atomic E-state index is 0.0350. The summed E-state index contributed by atoms with van der Waals surface area (Å²) in [5.41, 5.74) is 0.581. The lowest BCUT2D eigenvalue weighted by molar-refractivity contribution is -0.139. The molecular weight excluding hydrogens is 574 g/mol. The average Bonchev–Trinajstić information content (AvgIpc) is 3.75. The van der Waals surface area contributed by atoms with Crippen LogP contribution in [0.4, 0.5) is 10.1 Å². The van der Waals surface area contributed by atoms with Gasteiger partial charge in [0.2, 0.25) is 5.43 Å². The maximum Gasteiger partial charge on any atom is 0.317 e. The van der Waals surface area contributed by atoms with Gasteiger partial charge >= 0.3 is 5.97 Å². The number of carboxylic acid groups (broad SMARTS) is 1. The first-order valence-electron chi connectivity index (χ1n) is 13.4. The van der Waals surface area contributed by atoms with Gasteiger partial charge in [0.15, 0.2) is 11.6 Å². The Morgan fingerprint density at radius 2 is 1.83 bits per heavy atom. The van der Waals surface area contributed by atoms with Gasteiger partial charge in [-0.1, -0.05) is 29.3 Å². The van der Waals surface area contributed by atoms with Crippen LogP contribution in [0.1, 0.15) is 48.7 Å². The Morgan fingerprint density at radius 3 is 2.41 bits per heavy atom. The van der Waals surface area contributed by atoms with Crippen molar-refractivity contribution in [3.63, 3.8) is 0 Å². The molecule has 1 aromatic heterocycles.